The fourth-order valence-corrected chi connectivity index (χ4v) is 1.92. The lowest BCUT2D eigenvalue weighted by Crippen LogP contribution is -2.23. The number of phenolic OH excluding ortho intramolecular Hbond substituents is 1. The summed E-state index contributed by atoms with van der Waals surface area (Å²) in [4.78, 5) is 11.0. The van der Waals surface area contributed by atoms with Crippen LogP contribution in [0.25, 0.3) is 0 Å². The summed E-state index contributed by atoms with van der Waals surface area (Å²) < 4.78 is 10.3. The second-order valence-corrected chi connectivity index (χ2v) is 4.86. The monoisotopic (exact) mass is 317 g/mol. The minimum atomic E-state index is -0.387. The van der Waals surface area contributed by atoms with Gasteiger partial charge in [0, 0.05) is 6.42 Å². The van der Waals surface area contributed by atoms with Gasteiger partial charge in [-0.2, -0.15) is 0 Å². The number of carbonyl (C=O) groups excluding carboxylic acids is 1. The first kappa shape index (κ1) is 18.5. The molecule has 0 aliphatic carbocycles. The van der Waals surface area contributed by atoms with E-state index < -0.39 is 0 Å². The number of hydrogen-bond donors (Lipinski definition) is 2. The molecule has 2 rings (SSSR count). The number of methoxy groups -OCH3 is 1. The molecule has 5 heteroatoms. The molecule has 0 saturated heterocycles. The van der Waals surface area contributed by atoms with Crippen molar-refractivity contribution >= 4 is 5.97 Å². The van der Waals surface area contributed by atoms with Crippen molar-refractivity contribution in [2.24, 2.45) is 5.73 Å². The first-order chi connectivity index (χ1) is 11.1. The molecule has 124 valence electrons. The summed E-state index contributed by atoms with van der Waals surface area (Å²) in [5, 5.41) is 8.63. The van der Waals surface area contributed by atoms with E-state index in [1.807, 2.05) is 37.3 Å². The molecular weight excluding hydrogens is 294 g/mol. The fourth-order valence-electron chi connectivity index (χ4n) is 1.92. The molecule has 0 aliphatic heterocycles. The normalized spacial score (nSPS) is 10.9. The minimum absolute atomic E-state index is 0.0870. The van der Waals surface area contributed by atoms with Gasteiger partial charge in [0.15, 0.2) is 0 Å². The maximum atomic E-state index is 11.0. The van der Waals surface area contributed by atoms with Crippen LogP contribution in [0.1, 0.15) is 12.5 Å². The van der Waals surface area contributed by atoms with Crippen LogP contribution in [0.4, 0.5) is 0 Å². The summed E-state index contributed by atoms with van der Waals surface area (Å²) in [6.45, 7) is 1.75. The number of ether oxygens (including phenoxy) is 2. The molecule has 5 nitrogen and oxygen atoms in total. The van der Waals surface area contributed by atoms with Crippen LogP contribution in [0.2, 0.25) is 0 Å². The summed E-state index contributed by atoms with van der Waals surface area (Å²) >= 11 is 0. The van der Waals surface area contributed by atoms with E-state index in [0.717, 1.165) is 11.3 Å². The third-order valence-corrected chi connectivity index (χ3v) is 2.96. The van der Waals surface area contributed by atoms with Gasteiger partial charge < -0.3 is 20.3 Å². The highest BCUT2D eigenvalue weighted by Crippen LogP contribution is 2.19. The number of carbonyl (C=O) groups is 1. The quantitative estimate of drug-likeness (QED) is 0.828. The molecule has 3 N–H and O–H groups in total. The first-order valence-corrected chi connectivity index (χ1v) is 7.32. The third-order valence-electron chi connectivity index (χ3n) is 2.96. The number of nitrogens with two attached hydrogens (primary N) is 1. The SMILES string of the molecule is COc1ccccc1CC(C)OC(=O)CN.Oc1ccccc1. The van der Waals surface area contributed by atoms with Crippen molar-refractivity contribution in [1.29, 1.82) is 0 Å². The molecule has 0 aromatic heterocycles. The average Bonchev–Trinajstić information content (AvgIpc) is 2.56. The van der Waals surface area contributed by atoms with Crippen LogP contribution in [0.5, 0.6) is 11.5 Å². The molecule has 0 radical (unpaired) electrons. The van der Waals surface area contributed by atoms with E-state index in [-0.39, 0.29) is 18.6 Å². The van der Waals surface area contributed by atoms with Crippen molar-refractivity contribution in [3.63, 3.8) is 0 Å². The fraction of sp³-hybridized carbons (Fsp3) is 0.278. The van der Waals surface area contributed by atoms with Crippen LogP contribution in [0.3, 0.4) is 0 Å². The summed E-state index contributed by atoms with van der Waals surface area (Å²) in [6, 6.07) is 16.4. The molecule has 2 aromatic rings. The van der Waals surface area contributed by atoms with Gasteiger partial charge >= 0.3 is 5.97 Å². The van der Waals surface area contributed by atoms with Gasteiger partial charge in [0.2, 0.25) is 0 Å². The number of benzene rings is 2. The lowest BCUT2D eigenvalue weighted by atomic mass is 10.1. The lowest BCUT2D eigenvalue weighted by molar-refractivity contribution is -0.146. The zero-order chi connectivity index (χ0) is 17.1. The molecule has 1 unspecified atom stereocenters. The minimum Gasteiger partial charge on any atom is -0.508 e. The Kier molecular flexibility index (Phi) is 8.24. The van der Waals surface area contributed by atoms with Crippen LogP contribution in [0, 0.1) is 0 Å². The average molecular weight is 317 g/mol. The molecular formula is C18H23NO4. The van der Waals surface area contributed by atoms with Gasteiger partial charge in [-0.15, -0.1) is 0 Å². The second-order valence-electron chi connectivity index (χ2n) is 4.86. The van der Waals surface area contributed by atoms with Crippen molar-refractivity contribution in [2.45, 2.75) is 19.4 Å². The molecule has 0 heterocycles. The van der Waals surface area contributed by atoms with E-state index in [2.05, 4.69) is 0 Å². The third kappa shape index (κ3) is 7.33. The van der Waals surface area contributed by atoms with E-state index in [1.165, 1.54) is 0 Å². The number of esters is 1. The molecule has 0 bridgehead atoms. The highest BCUT2D eigenvalue weighted by atomic mass is 16.5. The van der Waals surface area contributed by atoms with E-state index >= 15 is 0 Å². The summed E-state index contributed by atoms with van der Waals surface area (Å²) in [5.74, 6) is 0.739. The van der Waals surface area contributed by atoms with Gasteiger partial charge in [-0.1, -0.05) is 36.4 Å². The molecule has 0 fully saturated rings. The predicted octanol–water partition coefficient (Wildman–Crippen LogP) is 2.52. The Labute approximate surface area is 136 Å². The van der Waals surface area contributed by atoms with E-state index in [0.29, 0.717) is 12.2 Å². The van der Waals surface area contributed by atoms with Crippen LogP contribution in [-0.4, -0.2) is 30.8 Å². The van der Waals surface area contributed by atoms with E-state index in [4.69, 9.17) is 20.3 Å². The van der Waals surface area contributed by atoms with Gasteiger partial charge in [0.25, 0.3) is 0 Å². The Morgan fingerprint density at radius 2 is 1.74 bits per heavy atom. The zero-order valence-electron chi connectivity index (χ0n) is 13.4. The van der Waals surface area contributed by atoms with Gasteiger partial charge in [0.05, 0.1) is 13.7 Å². The number of para-hydroxylation sites is 2. The highest BCUT2D eigenvalue weighted by Gasteiger charge is 2.11. The van der Waals surface area contributed by atoms with E-state index in [1.54, 1.807) is 31.4 Å². The second kappa shape index (κ2) is 10.2. The van der Waals surface area contributed by atoms with Crippen LogP contribution >= 0.6 is 0 Å². The van der Waals surface area contributed by atoms with Crippen molar-refractivity contribution in [2.75, 3.05) is 13.7 Å². The van der Waals surface area contributed by atoms with Crippen LogP contribution < -0.4 is 10.5 Å². The van der Waals surface area contributed by atoms with Gasteiger partial charge in [0.1, 0.15) is 17.6 Å². The van der Waals surface area contributed by atoms with Crippen LogP contribution in [0.15, 0.2) is 54.6 Å². The van der Waals surface area contributed by atoms with Gasteiger partial charge in [-0.25, -0.2) is 0 Å². The Morgan fingerprint density at radius 3 is 2.26 bits per heavy atom. The molecule has 2 aromatic carbocycles. The van der Waals surface area contributed by atoms with Crippen LogP contribution in [-0.2, 0) is 16.0 Å². The number of hydrogen-bond acceptors (Lipinski definition) is 5. The molecule has 0 aliphatic rings. The number of rotatable bonds is 5. The first-order valence-electron chi connectivity index (χ1n) is 7.32. The van der Waals surface area contributed by atoms with Crippen molar-refractivity contribution in [3.05, 3.63) is 60.2 Å². The Hall–Kier alpha value is -2.53. The predicted molar refractivity (Wildman–Crippen MR) is 89.4 cm³/mol. The van der Waals surface area contributed by atoms with Gasteiger partial charge in [-0.3, -0.25) is 4.79 Å². The molecule has 1 atom stereocenters. The van der Waals surface area contributed by atoms with Crippen molar-refractivity contribution in [3.8, 4) is 11.5 Å². The summed E-state index contributed by atoms with van der Waals surface area (Å²) in [7, 11) is 1.62. The van der Waals surface area contributed by atoms with Crippen molar-refractivity contribution < 1.29 is 19.4 Å². The Morgan fingerprint density at radius 1 is 1.13 bits per heavy atom. The molecule has 0 spiro atoms. The molecule has 0 saturated carbocycles. The molecule has 23 heavy (non-hydrogen) atoms. The Balaban J connectivity index is 0.000000313. The number of phenols is 1. The number of aromatic hydroxyl groups is 1. The summed E-state index contributed by atoms with van der Waals surface area (Å²) in [5.41, 5.74) is 6.19. The zero-order valence-corrected chi connectivity index (χ0v) is 13.4. The molecule has 0 amide bonds. The maximum absolute atomic E-state index is 11.0. The smallest absolute Gasteiger partial charge is 0.319 e. The Bertz CT molecular complexity index is 587. The highest BCUT2D eigenvalue weighted by molar-refractivity contribution is 5.71. The van der Waals surface area contributed by atoms with Gasteiger partial charge in [-0.05, 0) is 30.7 Å². The largest absolute Gasteiger partial charge is 0.508 e. The maximum Gasteiger partial charge on any atom is 0.319 e. The van der Waals surface area contributed by atoms with E-state index in [9.17, 15) is 4.79 Å². The summed E-state index contributed by atoms with van der Waals surface area (Å²) in [6.07, 6.45) is 0.419. The van der Waals surface area contributed by atoms with Crippen molar-refractivity contribution in [1.82, 2.24) is 0 Å². The lowest BCUT2D eigenvalue weighted by Gasteiger charge is -2.14. The standard InChI is InChI=1S/C12H17NO3.C6H6O/c1-9(16-12(14)8-13)7-10-5-3-4-6-11(10)15-2;7-6-4-2-1-3-5-6/h3-6,9H,7-8,13H2,1-2H3;1-5,7H. The topological polar surface area (TPSA) is 81.8 Å².